The highest BCUT2D eigenvalue weighted by Crippen LogP contribution is 2.21. The van der Waals surface area contributed by atoms with E-state index in [-0.39, 0.29) is 29.1 Å². The minimum absolute atomic E-state index is 0.213. The van der Waals surface area contributed by atoms with Crippen molar-refractivity contribution in [2.45, 2.75) is 85.6 Å². The minimum Gasteiger partial charge on any atom is -0.353 e. The van der Waals surface area contributed by atoms with Gasteiger partial charge in [-0.2, -0.15) is 0 Å². The molecule has 26 heavy (non-hydrogen) atoms. The van der Waals surface area contributed by atoms with Gasteiger partial charge in [-0.25, -0.2) is 0 Å². The van der Waals surface area contributed by atoms with Gasteiger partial charge in [0.15, 0.2) is 0 Å². The van der Waals surface area contributed by atoms with Gasteiger partial charge in [-0.15, -0.1) is 0 Å². The largest absolute Gasteiger partial charge is 0.353 e. The van der Waals surface area contributed by atoms with E-state index in [2.05, 4.69) is 65.2 Å². The zero-order valence-corrected chi connectivity index (χ0v) is 20.4. The van der Waals surface area contributed by atoms with E-state index in [9.17, 15) is 10.1 Å². The molecular formula is C17H33N3O2S4. The molecule has 152 valence electrons. The van der Waals surface area contributed by atoms with Crippen LogP contribution in [0.1, 0.15) is 55.4 Å². The Morgan fingerprint density at radius 3 is 1.27 bits per heavy atom. The first-order valence-electron chi connectivity index (χ1n) is 8.93. The summed E-state index contributed by atoms with van der Waals surface area (Å²) in [7, 11) is 0. The van der Waals surface area contributed by atoms with Gasteiger partial charge in [-0.05, 0) is 55.4 Å². The molecule has 0 atom stereocenters. The first-order valence-corrected chi connectivity index (χ1v) is 11.7. The Morgan fingerprint density at radius 2 is 1.08 bits per heavy atom. The van der Waals surface area contributed by atoms with Gasteiger partial charge in [0.25, 0.3) is 0 Å². The molecular weight excluding hydrogens is 406 g/mol. The fourth-order valence-electron chi connectivity index (χ4n) is 2.69. The summed E-state index contributed by atoms with van der Waals surface area (Å²) in [5.41, 5.74) is 0. The number of nitro groups is 1. The first-order chi connectivity index (χ1) is 11.9. The molecule has 0 bridgehead atoms. The Labute approximate surface area is 178 Å². The third kappa shape index (κ3) is 8.71. The summed E-state index contributed by atoms with van der Waals surface area (Å²) >= 11 is 13.8. The van der Waals surface area contributed by atoms with Crippen molar-refractivity contribution in [1.82, 2.24) is 9.80 Å². The third-order valence-electron chi connectivity index (χ3n) is 3.74. The molecule has 0 aliphatic rings. The Hall–Kier alpha value is -0.120. The van der Waals surface area contributed by atoms with E-state index in [1.165, 1.54) is 23.5 Å². The number of nitrogens with zero attached hydrogens (tertiary/aromatic N) is 3. The van der Waals surface area contributed by atoms with Crippen LogP contribution in [0.4, 0.5) is 0 Å². The second-order valence-electron chi connectivity index (χ2n) is 7.28. The van der Waals surface area contributed by atoms with Crippen LogP contribution >= 0.6 is 48.0 Å². The van der Waals surface area contributed by atoms with Crippen molar-refractivity contribution < 1.29 is 4.92 Å². The molecule has 0 rings (SSSR count). The van der Waals surface area contributed by atoms with Gasteiger partial charge >= 0.3 is 0 Å². The molecule has 0 heterocycles. The molecule has 0 aliphatic heterocycles. The summed E-state index contributed by atoms with van der Waals surface area (Å²) < 4.78 is 1.45. The van der Waals surface area contributed by atoms with E-state index < -0.39 is 6.04 Å². The molecule has 0 aliphatic carbocycles. The molecule has 0 amide bonds. The van der Waals surface area contributed by atoms with Gasteiger partial charge in [-0.3, -0.25) is 10.1 Å². The van der Waals surface area contributed by atoms with Crippen LogP contribution in [0.3, 0.4) is 0 Å². The lowest BCUT2D eigenvalue weighted by molar-refractivity contribution is -0.510. The van der Waals surface area contributed by atoms with E-state index in [0.717, 1.165) is 8.64 Å². The maximum atomic E-state index is 11.5. The molecule has 0 radical (unpaired) electrons. The minimum atomic E-state index is -0.678. The van der Waals surface area contributed by atoms with Crippen molar-refractivity contribution in [3.05, 3.63) is 10.1 Å². The van der Waals surface area contributed by atoms with Gasteiger partial charge < -0.3 is 9.80 Å². The Balaban J connectivity index is 4.79. The van der Waals surface area contributed by atoms with Crippen LogP contribution in [-0.4, -0.2) is 65.1 Å². The molecule has 0 aromatic rings. The van der Waals surface area contributed by atoms with Crippen molar-refractivity contribution in [2.24, 2.45) is 0 Å². The van der Waals surface area contributed by atoms with E-state index >= 15 is 0 Å². The van der Waals surface area contributed by atoms with E-state index in [0.29, 0.717) is 11.5 Å². The predicted molar refractivity (Wildman–Crippen MR) is 125 cm³/mol. The molecule has 0 N–H and O–H groups in total. The highest BCUT2D eigenvalue weighted by Gasteiger charge is 2.26. The molecule has 0 unspecified atom stereocenters. The summed E-state index contributed by atoms with van der Waals surface area (Å²) in [4.78, 5) is 15.5. The molecule has 0 saturated carbocycles. The molecule has 0 fully saturated rings. The van der Waals surface area contributed by atoms with Crippen LogP contribution in [0.15, 0.2) is 0 Å². The van der Waals surface area contributed by atoms with E-state index in [1.807, 2.05) is 0 Å². The van der Waals surface area contributed by atoms with Gasteiger partial charge in [0, 0.05) is 29.1 Å². The second-order valence-corrected chi connectivity index (χ2v) is 10.6. The Morgan fingerprint density at radius 1 is 0.808 bits per heavy atom. The number of thiocarbonyl (C=S) groups is 2. The molecule has 0 aromatic heterocycles. The quantitative estimate of drug-likeness (QED) is 0.285. The third-order valence-corrected chi connectivity index (χ3v) is 6.89. The summed E-state index contributed by atoms with van der Waals surface area (Å²) in [6.45, 7) is 16.7. The summed E-state index contributed by atoms with van der Waals surface area (Å²) in [5.74, 6) is 0.724. The smallest absolute Gasteiger partial charge is 0.231 e. The molecule has 9 heteroatoms. The number of rotatable bonds is 9. The Bertz CT molecular complexity index is 433. The van der Waals surface area contributed by atoms with Crippen molar-refractivity contribution in [2.75, 3.05) is 11.5 Å². The fourth-order valence-corrected chi connectivity index (χ4v) is 6.38. The maximum absolute atomic E-state index is 11.5. The van der Waals surface area contributed by atoms with Gasteiger partial charge in [0.2, 0.25) is 6.04 Å². The van der Waals surface area contributed by atoms with Crippen LogP contribution in [0, 0.1) is 10.1 Å². The predicted octanol–water partition coefficient (Wildman–Crippen LogP) is 4.91. The number of thioether (sulfide) groups is 2. The van der Waals surface area contributed by atoms with Crippen molar-refractivity contribution in [3.8, 4) is 0 Å². The molecule has 0 saturated heterocycles. The molecule has 0 spiro atoms. The maximum Gasteiger partial charge on any atom is 0.231 e. The van der Waals surface area contributed by atoms with Crippen LogP contribution in [0.25, 0.3) is 0 Å². The van der Waals surface area contributed by atoms with Gasteiger partial charge in [0.05, 0.1) is 11.5 Å². The zero-order chi connectivity index (χ0) is 20.6. The second kappa shape index (κ2) is 12.4. The van der Waals surface area contributed by atoms with Gasteiger partial charge in [0.1, 0.15) is 8.64 Å². The zero-order valence-electron chi connectivity index (χ0n) is 17.1. The summed E-state index contributed by atoms with van der Waals surface area (Å²) in [6.07, 6.45) is 0. The van der Waals surface area contributed by atoms with Crippen molar-refractivity contribution in [1.29, 1.82) is 0 Å². The lowest BCUT2D eigenvalue weighted by Gasteiger charge is -2.33. The van der Waals surface area contributed by atoms with E-state index in [4.69, 9.17) is 24.4 Å². The highest BCUT2D eigenvalue weighted by atomic mass is 32.2. The first kappa shape index (κ1) is 25.9. The number of hydrogen-bond acceptors (Lipinski definition) is 6. The van der Waals surface area contributed by atoms with Crippen LogP contribution in [-0.2, 0) is 0 Å². The SMILES string of the molecule is CC(C)N(C(=S)SCC(CSC(=S)N(C(C)C)C(C)C)[N+](=O)[O-])C(C)C. The molecule has 5 nitrogen and oxygen atoms in total. The fraction of sp³-hybridized carbons (Fsp3) is 0.882. The molecule has 0 aromatic carbocycles. The van der Waals surface area contributed by atoms with Crippen molar-refractivity contribution in [3.63, 3.8) is 0 Å². The Kier molecular flexibility index (Phi) is 12.3. The highest BCUT2D eigenvalue weighted by molar-refractivity contribution is 8.23. The lowest BCUT2D eigenvalue weighted by Crippen LogP contribution is -2.41. The standard InChI is InChI=1S/C17H33N3O2S4/c1-11(2)18(12(3)4)16(23)25-9-15(20(21)22)10-26-17(24)19(13(5)6)14(7)8/h11-15H,9-10H2,1-8H3. The average Bonchev–Trinajstić information content (AvgIpc) is 2.44. The van der Waals surface area contributed by atoms with E-state index in [1.54, 1.807) is 0 Å². The monoisotopic (exact) mass is 439 g/mol. The normalized spacial score (nSPS) is 11.7. The van der Waals surface area contributed by atoms with Gasteiger partial charge in [-0.1, -0.05) is 48.0 Å². The lowest BCUT2D eigenvalue weighted by atomic mass is 10.2. The topological polar surface area (TPSA) is 49.6 Å². The average molecular weight is 440 g/mol. The summed E-state index contributed by atoms with van der Waals surface area (Å²) in [6, 6.07) is 0.421. The van der Waals surface area contributed by atoms with Crippen molar-refractivity contribution >= 4 is 56.6 Å². The number of hydrogen-bond donors (Lipinski definition) is 0. The summed E-state index contributed by atoms with van der Waals surface area (Å²) in [5, 5.41) is 11.5. The van der Waals surface area contributed by atoms with Crippen LogP contribution in [0.5, 0.6) is 0 Å². The van der Waals surface area contributed by atoms with Crippen LogP contribution in [0.2, 0.25) is 0 Å². The van der Waals surface area contributed by atoms with Crippen LogP contribution < -0.4 is 0 Å².